The quantitative estimate of drug-likeness (QED) is 0.476. The second-order valence-electron chi connectivity index (χ2n) is 11.7. The molecule has 1 spiro atoms. The third-order valence-electron chi connectivity index (χ3n) is 9.33. The number of hydrogen-bond acceptors (Lipinski definition) is 4. The summed E-state index contributed by atoms with van der Waals surface area (Å²) in [4.78, 5) is 16.6. The highest BCUT2D eigenvalue weighted by molar-refractivity contribution is 7.89. The van der Waals surface area contributed by atoms with E-state index in [1.807, 2.05) is 30.1 Å². The Morgan fingerprint density at radius 1 is 1.02 bits per heavy atom. The summed E-state index contributed by atoms with van der Waals surface area (Å²) in [6, 6.07) is 12.7. The second kappa shape index (κ2) is 10.3. The van der Waals surface area contributed by atoms with Gasteiger partial charge in [-0.05, 0) is 75.3 Å². The lowest BCUT2D eigenvalue weighted by Gasteiger charge is -2.49. The molecule has 11 heteroatoms. The van der Waals surface area contributed by atoms with E-state index in [1.54, 1.807) is 0 Å². The summed E-state index contributed by atoms with van der Waals surface area (Å²) in [7, 11) is 0.380. The molecule has 2 aliphatic carbocycles. The molecule has 1 saturated heterocycles. The minimum absolute atomic E-state index is 0.135. The average Bonchev–Trinajstić information content (AvgIpc) is 3.17. The molecule has 2 aromatic rings. The number of urea groups is 1. The first-order valence-electron chi connectivity index (χ1n) is 13.8. The molecule has 0 atom stereocenters. The number of carbonyl (C=O) groups excluding carboxylic acids is 1. The van der Waals surface area contributed by atoms with E-state index in [-0.39, 0.29) is 17.8 Å². The van der Waals surface area contributed by atoms with Crippen molar-refractivity contribution < 1.29 is 26.4 Å². The lowest BCUT2D eigenvalue weighted by molar-refractivity contribution is -0.137. The van der Waals surface area contributed by atoms with E-state index in [9.17, 15) is 26.4 Å². The fraction of sp³-hybridized carbons (Fsp3) is 0.552. The highest BCUT2D eigenvalue weighted by Gasteiger charge is 2.55. The Kier molecular flexibility index (Phi) is 7.46. The minimum atomic E-state index is -4.84. The van der Waals surface area contributed by atoms with Gasteiger partial charge in [0.15, 0.2) is 0 Å². The molecule has 1 aliphatic heterocycles. The van der Waals surface area contributed by atoms with Gasteiger partial charge in [0.25, 0.3) is 0 Å². The Balaban J connectivity index is 1.52. The number of amides is 2. The standard InChI is InChI=1S/C29H37F3N4O3S/c1-33-28(22-10-5-4-6-11-22)16-14-27(15-17-28)20-35(26(37)36(27)19-21-8-7-9-21)25-13-12-23(40(38,39)34(2)3)18-24(25)29(30,31)32/h4-6,10-13,18,21,33H,7-9,14-17,19-20H2,1-3H3. The van der Waals surface area contributed by atoms with Crippen LogP contribution in [0, 0.1) is 5.92 Å². The van der Waals surface area contributed by atoms with E-state index >= 15 is 0 Å². The molecule has 218 valence electrons. The molecular formula is C29H37F3N4O3S. The fourth-order valence-electron chi connectivity index (χ4n) is 6.55. The van der Waals surface area contributed by atoms with E-state index in [2.05, 4.69) is 17.4 Å². The Morgan fingerprint density at radius 3 is 2.20 bits per heavy atom. The number of rotatable bonds is 7. The smallest absolute Gasteiger partial charge is 0.317 e. The number of alkyl halides is 3. The van der Waals surface area contributed by atoms with Gasteiger partial charge in [0, 0.05) is 26.2 Å². The first-order chi connectivity index (χ1) is 18.8. The molecule has 0 bridgehead atoms. The van der Waals surface area contributed by atoms with Gasteiger partial charge in [-0.25, -0.2) is 17.5 Å². The van der Waals surface area contributed by atoms with Crippen LogP contribution >= 0.6 is 0 Å². The summed E-state index contributed by atoms with van der Waals surface area (Å²) in [5, 5.41) is 3.50. The number of halogens is 3. The number of anilines is 1. The van der Waals surface area contributed by atoms with E-state index in [1.165, 1.54) is 19.0 Å². The average molecular weight is 579 g/mol. The van der Waals surface area contributed by atoms with Crippen LogP contribution in [-0.2, 0) is 21.7 Å². The molecule has 2 saturated carbocycles. The number of nitrogens with one attached hydrogen (secondary N) is 1. The van der Waals surface area contributed by atoms with Crippen LogP contribution in [0.15, 0.2) is 53.4 Å². The van der Waals surface area contributed by atoms with Gasteiger partial charge in [-0.2, -0.15) is 13.2 Å². The fourth-order valence-corrected chi connectivity index (χ4v) is 7.48. The van der Waals surface area contributed by atoms with Gasteiger partial charge in [0.2, 0.25) is 10.0 Å². The van der Waals surface area contributed by atoms with Crippen molar-refractivity contribution in [1.29, 1.82) is 0 Å². The highest BCUT2D eigenvalue weighted by Crippen LogP contribution is 2.50. The second-order valence-corrected chi connectivity index (χ2v) is 13.8. The van der Waals surface area contributed by atoms with Gasteiger partial charge in [0.05, 0.1) is 28.2 Å². The Bertz CT molecular complexity index is 1350. The predicted octanol–water partition coefficient (Wildman–Crippen LogP) is 5.43. The van der Waals surface area contributed by atoms with Gasteiger partial charge in [-0.15, -0.1) is 0 Å². The van der Waals surface area contributed by atoms with E-state index < -0.39 is 38.2 Å². The summed E-state index contributed by atoms with van der Waals surface area (Å²) in [6.07, 6.45) is 1.04. The molecular weight excluding hydrogens is 541 g/mol. The highest BCUT2D eigenvalue weighted by atomic mass is 32.2. The van der Waals surface area contributed by atoms with Crippen LogP contribution in [0.4, 0.5) is 23.7 Å². The maximum absolute atomic E-state index is 14.4. The zero-order valence-corrected chi connectivity index (χ0v) is 24.0. The Labute approximate surface area is 234 Å². The summed E-state index contributed by atoms with van der Waals surface area (Å²) >= 11 is 0. The molecule has 40 heavy (non-hydrogen) atoms. The van der Waals surface area contributed by atoms with Crippen LogP contribution < -0.4 is 10.2 Å². The van der Waals surface area contributed by atoms with Crippen LogP contribution in [0.5, 0.6) is 0 Å². The zero-order valence-electron chi connectivity index (χ0n) is 23.2. The normalized spacial score (nSPS) is 26.1. The van der Waals surface area contributed by atoms with Gasteiger partial charge in [0.1, 0.15) is 0 Å². The molecule has 5 rings (SSSR count). The molecule has 3 fully saturated rings. The van der Waals surface area contributed by atoms with Crippen LogP contribution in [0.25, 0.3) is 0 Å². The molecule has 1 heterocycles. The number of nitrogens with zero attached hydrogens (tertiary/aromatic N) is 3. The first-order valence-corrected chi connectivity index (χ1v) is 15.2. The van der Waals surface area contributed by atoms with Crippen LogP contribution in [0.1, 0.15) is 56.1 Å². The lowest BCUT2D eigenvalue weighted by atomic mass is 9.68. The zero-order chi connectivity index (χ0) is 28.9. The van der Waals surface area contributed by atoms with Crippen molar-refractivity contribution in [3.63, 3.8) is 0 Å². The Morgan fingerprint density at radius 2 is 1.68 bits per heavy atom. The van der Waals surface area contributed by atoms with E-state index in [0.717, 1.165) is 54.1 Å². The third kappa shape index (κ3) is 4.90. The molecule has 0 radical (unpaired) electrons. The summed E-state index contributed by atoms with van der Waals surface area (Å²) in [5.74, 6) is 0.348. The van der Waals surface area contributed by atoms with Crippen molar-refractivity contribution in [3.05, 3.63) is 59.7 Å². The number of sulfonamides is 1. The van der Waals surface area contributed by atoms with Gasteiger partial charge >= 0.3 is 12.2 Å². The Hall–Kier alpha value is -2.63. The summed E-state index contributed by atoms with van der Waals surface area (Å²) < 4.78 is 69.3. The SMILES string of the molecule is CNC1(c2ccccc2)CCC2(CC1)CN(c1ccc(S(=O)(=O)N(C)C)cc1C(F)(F)F)C(=O)N2CC1CCC1. The monoisotopic (exact) mass is 578 g/mol. The maximum atomic E-state index is 14.4. The summed E-state index contributed by atoms with van der Waals surface area (Å²) in [5.41, 5.74) is -1.12. The number of benzene rings is 2. The molecule has 3 aliphatic rings. The molecule has 0 aromatic heterocycles. The van der Waals surface area contributed by atoms with Crippen molar-refractivity contribution in [2.45, 2.75) is 67.1 Å². The third-order valence-corrected chi connectivity index (χ3v) is 11.1. The molecule has 2 aromatic carbocycles. The predicted molar refractivity (Wildman–Crippen MR) is 147 cm³/mol. The van der Waals surface area contributed by atoms with Crippen molar-refractivity contribution in [2.24, 2.45) is 5.92 Å². The summed E-state index contributed by atoms with van der Waals surface area (Å²) in [6.45, 7) is 0.664. The lowest BCUT2D eigenvalue weighted by Crippen LogP contribution is -2.56. The largest absolute Gasteiger partial charge is 0.418 e. The first kappa shape index (κ1) is 28.9. The molecule has 2 amide bonds. The van der Waals surface area contributed by atoms with Crippen LogP contribution in [-0.4, -0.2) is 63.4 Å². The molecule has 0 unspecified atom stereocenters. The molecule has 7 nitrogen and oxygen atoms in total. The topological polar surface area (TPSA) is 73.0 Å². The molecule has 1 N–H and O–H groups in total. The van der Waals surface area contributed by atoms with Gasteiger partial charge < -0.3 is 10.2 Å². The van der Waals surface area contributed by atoms with Crippen LogP contribution in [0.2, 0.25) is 0 Å². The number of carbonyl (C=O) groups is 1. The minimum Gasteiger partial charge on any atom is -0.317 e. The van der Waals surface area contributed by atoms with E-state index in [0.29, 0.717) is 31.4 Å². The van der Waals surface area contributed by atoms with Crippen molar-refractivity contribution in [1.82, 2.24) is 14.5 Å². The van der Waals surface area contributed by atoms with Crippen molar-refractivity contribution in [3.8, 4) is 0 Å². The van der Waals surface area contributed by atoms with Gasteiger partial charge in [-0.1, -0.05) is 36.8 Å². The maximum Gasteiger partial charge on any atom is 0.418 e. The van der Waals surface area contributed by atoms with Crippen molar-refractivity contribution in [2.75, 3.05) is 39.1 Å². The number of hydrogen-bond donors (Lipinski definition) is 1. The van der Waals surface area contributed by atoms with Crippen LogP contribution in [0.3, 0.4) is 0 Å². The van der Waals surface area contributed by atoms with Gasteiger partial charge in [-0.3, -0.25) is 4.90 Å². The van der Waals surface area contributed by atoms with Crippen molar-refractivity contribution >= 4 is 21.7 Å². The van der Waals surface area contributed by atoms with E-state index in [4.69, 9.17) is 0 Å².